The summed E-state index contributed by atoms with van der Waals surface area (Å²) < 4.78 is 0. The van der Waals surface area contributed by atoms with Crippen molar-refractivity contribution in [3.63, 3.8) is 0 Å². The molecule has 0 heterocycles. The fourth-order valence-corrected chi connectivity index (χ4v) is 0.838. The molecule has 0 aliphatic rings. The van der Waals surface area contributed by atoms with Crippen LogP contribution in [0.3, 0.4) is 0 Å². The number of halogens is 2. The van der Waals surface area contributed by atoms with E-state index in [1.807, 2.05) is 6.07 Å². The van der Waals surface area contributed by atoms with Crippen LogP contribution in [0.25, 0.3) is 0 Å². The molecule has 14 heavy (non-hydrogen) atoms. The van der Waals surface area contributed by atoms with Crippen molar-refractivity contribution in [3.05, 3.63) is 35.9 Å². The van der Waals surface area contributed by atoms with Gasteiger partial charge in [0.2, 0.25) is 0 Å². The highest BCUT2D eigenvalue weighted by Gasteiger charge is 1.93. The second-order valence-corrected chi connectivity index (χ2v) is 2.57. The van der Waals surface area contributed by atoms with E-state index in [1.54, 1.807) is 0 Å². The first-order valence-electron chi connectivity index (χ1n) is 3.50. The van der Waals surface area contributed by atoms with E-state index in [0.29, 0.717) is 5.92 Å². The zero-order valence-corrected chi connectivity index (χ0v) is 11.0. The van der Waals surface area contributed by atoms with Crippen molar-refractivity contribution in [2.75, 3.05) is 0 Å². The maximum Gasteiger partial charge on any atom is 0 e. The zero-order valence-electron chi connectivity index (χ0n) is 6.72. The zero-order chi connectivity index (χ0) is 8.69. The van der Waals surface area contributed by atoms with E-state index in [9.17, 15) is 0 Å². The fourth-order valence-electron chi connectivity index (χ4n) is 0.838. The Morgan fingerprint density at radius 2 is 1.21 bits per heavy atom. The maximum absolute atomic E-state index is 2.20. The first-order valence-corrected chi connectivity index (χ1v) is 9.78. The topological polar surface area (TPSA) is 0 Å². The Morgan fingerprint density at radius 1 is 0.857 bits per heavy atom. The highest BCUT2D eigenvalue weighted by molar-refractivity contribution is 15.0. The largest absolute Gasteiger partial charge is 0.0776 e. The standard InChI is InChI=1S/C9H12.3CH4.I2/c1-8(2)9-6-4-3-5-7-9;;;;1-2/h3-8H,1-2H3;3*1H4;. The van der Waals surface area contributed by atoms with Gasteiger partial charge in [0.15, 0.2) is 0 Å². The first kappa shape index (κ1) is 24.1. The summed E-state index contributed by atoms with van der Waals surface area (Å²) in [6.07, 6.45) is 0. The average molecular weight is 422 g/mol. The van der Waals surface area contributed by atoms with E-state index in [4.69, 9.17) is 0 Å². The van der Waals surface area contributed by atoms with Crippen LogP contribution in [-0.2, 0) is 0 Å². The van der Waals surface area contributed by atoms with E-state index in [0.717, 1.165) is 0 Å². The van der Waals surface area contributed by atoms with Gasteiger partial charge in [-0.2, -0.15) is 0 Å². The molecule has 0 radical (unpaired) electrons. The Morgan fingerprint density at radius 3 is 1.43 bits per heavy atom. The Labute approximate surface area is 114 Å². The summed E-state index contributed by atoms with van der Waals surface area (Å²) >= 11 is 4.24. The number of benzene rings is 1. The average Bonchev–Trinajstić information content (AvgIpc) is 2.10. The van der Waals surface area contributed by atoms with Crippen LogP contribution >= 0.6 is 37.2 Å². The van der Waals surface area contributed by atoms with Crippen LogP contribution in [0.5, 0.6) is 0 Å². The van der Waals surface area contributed by atoms with Crippen molar-refractivity contribution in [3.8, 4) is 0 Å². The highest BCUT2D eigenvalue weighted by Crippen LogP contribution is 2.11. The molecule has 0 spiro atoms. The lowest BCUT2D eigenvalue weighted by Gasteiger charge is -2.01. The first-order chi connectivity index (χ1) is 5.30. The number of hydrogen-bond acceptors (Lipinski definition) is 0. The van der Waals surface area contributed by atoms with Crippen molar-refractivity contribution in [1.29, 1.82) is 0 Å². The molecule has 0 bridgehead atoms. The molecular formula is C12H24I2. The van der Waals surface area contributed by atoms with Crippen molar-refractivity contribution in [1.82, 2.24) is 0 Å². The molecule has 0 N–H and O–H groups in total. The van der Waals surface area contributed by atoms with Gasteiger partial charge in [0.05, 0.1) is 0 Å². The Kier molecular flexibility index (Phi) is 27.7. The second-order valence-electron chi connectivity index (χ2n) is 2.57. The molecule has 0 unspecified atom stereocenters. The molecule has 0 nitrogen and oxygen atoms in total. The van der Waals surface area contributed by atoms with Crippen molar-refractivity contribution in [2.45, 2.75) is 42.0 Å². The van der Waals surface area contributed by atoms with Crippen LogP contribution in [0.2, 0.25) is 0 Å². The summed E-state index contributed by atoms with van der Waals surface area (Å²) in [5.41, 5.74) is 1.41. The minimum atomic E-state index is 0. The quantitative estimate of drug-likeness (QED) is 0.454. The Bertz CT molecular complexity index is 171. The van der Waals surface area contributed by atoms with Crippen LogP contribution < -0.4 is 0 Å². The smallest absolute Gasteiger partial charge is 0 e. The fraction of sp³-hybridized carbons (Fsp3) is 0.500. The molecule has 0 amide bonds. The van der Waals surface area contributed by atoms with Gasteiger partial charge < -0.3 is 0 Å². The van der Waals surface area contributed by atoms with Gasteiger partial charge in [0.1, 0.15) is 0 Å². The maximum atomic E-state index is 2.20. The minimum Gasteiger partial charge on any atom is -0.0776 e. The molecule has 86 valence electrons. The summed E-state index contributed by atoms with van der Waals surface area (Å²) in [5, 5.41) is 0. The van der Waals surface area contributed by atoms with Crippen LogP contribution in [-0.4, -0.2) is 0 Å². The molecule has 1 aromatic rings. The Hall–Kier alpha value is 0.680. The minimum absolute atomic E-state index is 0. The van der Waals surface area contributed by atoms with Crippen molar-refractivity contribution < 1.29 is 0 Å². The molecular weight excluding hydrogens is 398 g/mol. The highest BCUT2D eigenvalue weighted by atomic mass is 128. The van der Waals surface area contributed by atoms with Gasteiger partial charge in [0, 0.05) is 37.2 Å². The van der Waals surface area contributed by atoms with E-state index in [2.05, 4.69) is 75.3 Å². The number of hydrogen-bond donors (Lipinski definition) is 0. The SMILES string of the molecule is C.C.C.CC(C)c1ccccc1.II. The molecule has 0 aromatic heterocycles. The van der Waals surface area contributed by atoms with Gasteiger partial charge in [-0.25, -0.2) is 0 Å². The van der Waals surface area contributed by atoms with Gasteiger partial charge >= 0.3 is 0 Å². The monoisotopic (exact) mass is 422 g/mol. The summed E-state index contributed by atoms with van der Waals surface area (Å²) in [7, 11) is 0. The van der Waals surface area contributed by atoms with Crippen LogP contribution in [0.15, 0.2) is 30.3 Å². The molecule has 1 rings (SSSR count). The van der Waals surface area contributed by atoms with Gasteiger partial charge in [-0.3, -0.25) is 0 Å². The third kappa shape index (κ3) is 10.8. The third-order valence-electron chi connectivity index (χ3n) is 1.47. The lowest BCUT2D eigenvalue weighted by molar-refractivity contribution is 0.867. The molecule has 0 aliphatic heterocycles. The van der Waals surface area contributed by atoms with Crippen LogP contribution in [0.4, 0.5) is 0 Å². The number of rotatable bonds is 1. The normalized spacial score (nSPS) is 6.93. The third-order valence-corrected chi connectivity index (χ3v) is 1.47. The molecule has 0 saturated carbocycles. The summed E-state index contributed by atoms with van der Waals surface area (Å²) in [6, 6.07) is 10.5. The molecule has 0 aliphatic carbocycles. The van der Waals surface area contributed by atoms with E-state index >= 15 is 0 Å². The summed E-state index contributed by atoms with van der Waals surface area (Å²) in [6.45, 7) is 4.41. The van der Waals surface area contributed by atoms with Crippen LogP contribution in [0, 0.1) is 0 Å². The molecule has 0 saturated heterocycles. The van der Waals surface area contributed by atoms with Crippen molar-refractivity contribution >= 4 is 37.2 Å². The summed E-state index contributed by atoms with van der Waals surface area (Å²) in [4.78, 5) is 0. The predicted octanol–water partition coefficient (Wildman–Crippen LogP) is 6.49. The molecule has 0 fully saturated rings. The van der Waals surface area contributed by atoms with E-state index in [-0.39, 0.29) is 22.3 Å². The van der Waals surface area contributed by atoms with E-state index in [1.165, 1.54) is 5.56 Å². The lowest BCUT2D eigenvalue weighted by atomic mass is 10.0. The molecule has 2 heteroatoms. The van der Waals surface area contributed by atoms with Gasteiger partial charge in [0.25, 0.3) is 0 Å². The Balaban J connectivity index is -0.0000000942. The van der Waals surface area contributed by atoms with Crippen molar-refractivity contribution in [2.24, 2.45) is 0 Å². The lowest BCUT2D eigenvalue weighted by Crippen LogP contribution is -1.83. The van der Waals surface area contributed by atoms with Gasteiger partial charge in [-0.05, 0) is 11.5 Å². The van der Waals surface area contributed by atoms with E-state index < -0.39 is 0 Å². The van der Waals surface area contributed by atoms with Gasteiger partial charge in [-0.15, -0.1) is 0 Å². The van der Waals surface area contributed by atoms with Crippen LogP contribution in [0.1, 0.15) is 47.6 Å². The summed E-state index contributed by atoms with van der Waals surface area (Å²) in [5.74, 6) is 0.659. The van der Waals surface area contributed by atoms with Gasteiger partial charge in [-0.1, -0.05) is 66.5 Å². The predicted molar refractivity (Wildman–Crippen MR) is 88.8 cm³/mol. The second kappa shape index (κ2) is 16.1. The molecule has 1 aromatic carbocycles. The molecule has 0 atom stereocenters.